The fourth-order valence-electron chi connectivity index (χ4n) is 6.35. The molecule has 2 aliphatic heterocycles. The predicted molar refractivity (Wildman–Crippen MR) is 148 cm³/mol. The Labute approximate surface area is 229 Å². The van der Waals surface area contributed by atoms with Crippen LogP contribution in [0.5, 0.6) is 0 Å². The molecule has 2 fully saturated rings. The lowest BCUT2D eigenvalue weighted by molar-refractivity contribution is 0.0917. The SMILES string of the molecule is NCC1CCc2nc(C(=O)N[C@H]3CC[C@@H](n4c(=O)c5cc(F)cnc5n(C5CCSCC5)c4=O)CC3)cn2C1. The van der Waals surface area contributed by atoms with Gasteiger partial charge in [-0.25, -0.2) is 19.2 Å². The summed E-state index contributed by atoms with van der Waals surface area (Å²) < 4.78 is 19.1. The zero-order valence-corrected chi connectivity index (χ0v) is 22.7. The summed E-state index contributed by atoms with van der Waals surface area (Å²) in [6.07, 6.45) is 8.68. The second-order valence-corrected chi connectivity index (χ2v) is 12.2. The summed E-state index contributed by atoms with van der Waals surface area (Å²) in [6.45, 7) is 1.41. The zero-order chi connectivity index (χ0) is 27.1. The molecule has 0 radical (unpaired) electrons. The third-order valence-corrected chi connectivity index (χ3v) is 9.58. The maximum absolute atomic E-state index is 14.1. The quantitative estimate of drug-likeness (QED) is 0.495. The van der Waals surface area contributed by atoms with Gasteiger partial charge in [-0.05, 0) is 75.0 Å². The molecule has 3 aromatic rings. The number of halogens is 1. The van der Waals surface area contributed by atoms with E-state index >= 15 is 0 Å². The van der Waals surface area contributed by atoms with E-state index in [-0.39, 0.29) is 40.8 Å². The molecule has 0 bridgehead atoms. The van der Waals surface area contributed by atoms with Gasteiger partial charge < -0.3 is 15.6 Å². The minimum atomic E-state index is -0.596. The number of hydrogen-bond donors (Lipinski definition) is 2. The van der Waals surface area contributed by atoms with Crippen LogP contribution in [0.25, 0.3) is 11.0 Å². The number of nitrogens with two attached hydrogens (primary N) is 1. The number of aryl methyl sites for hydroxylation is 1. The summed E-state index contributed by atoms with van der Waals surface area (Å²) in [6, 6.07) is 0.739. The van der Waals surface area contributed by atoms with Crippen molar-refractivity contribution in [2.24, 2.45) is 11.7 Å². The first kappa shape index (κ1) is 26.2. The van der Waals surface area contributed by atoms with Crippen LogP contribution in [-0.4, -0.2) is 53.7 Å². The number of carbonyl (C=O) groups excluding carboxylic acids is 1. The fraction of sp³-hybridized carbons (Fsp3) is 0.593. The lowest BCUT2D eigenvalue weighted by Gasteiger charge is -2.31. The third kappa shape index (κ3) is 5.04. The van der Waals surface area contributed by atoms with Crippen LogP contribution >= 0.6 is 11.8 Å². The first-order valence-electron chi connectivity index (χ1n) is 13.9. The Morgan fingerprint density at radius 1 is 1.08 bits per heavy atom. The van der Waals surface area contributed by atoms with Crippen LogP contribution in [0.2, 0.25) is 0 Å². The van der Waals surface area contributed by atoms with E-state index in [9.17, 15) is 18.8 Å². The minimum Gasteiger partial charge on any atom is -0.348 e. The molecule has 1 saturated heterocycles. The summed E-state index contributed by atoms with van der Waals surface area (Å²) in [7, 11) is 0. The molecule has 6 rings (SSSR count). The lowest BCUT2D eigenvalue weighted by atomic mass is 9.90. The van der Waals surface area contributed by atoms with E-state index in [1.165, 1.54) is 10.6 Å². The standard InChI is InChI=1S/C27H34FN7O3S/c28-17-11-21-24(30-13-17)34(20-7-9-39-10-8-20)27(38)35(26(21)37)19-4-2-18(3-5-19)31-25(36)22-15-33-14-16(12-29)1-6-23(33)32-22/h11,13,15-16,18-20H,1-10,12,14,29H2,(H,31,36)/t16?,18-,19+. The van der Waals surface area contributed by atoms with E-state index < -0.39 is 11.4 Å². The summed E-state index contributed by atoms with van der Waals surface area (Å²) >= 11 is 1.84. The van der Waals surface area contributed by atoms with Crippen molar-refractivity contribution in [2.45, 2.75) is 76.0 Å². The Morgan fingerprint density at radius 2 is 1.82 bits per heavy atom. The number of aromatic nitrogens is 5. The smallest absolute Gasteiger partial charge is 0.333 e. The third-order valence-electron chi connectivity index (χ3n) is 8.53. The summed E-state index contributed by atoms with van der Waals surface area (Å²) in [5.74, 6) is 2.38. The normalized spacial score (nSPS) is 24.0. The molecular formula is C27H34FN7O3S. The van der Waals surface area contributed by atoms with Crippen LogP contribution in [0, 0.1) is 11.7 Å². The highest BCUT2D eigenvalue weighted by molar-refractivity contribution is 7.99. The zero-order valence-electron chi connectivity index (χ0n) is 21.9. The summed E-state index contributed by atoms with van der Waals surface area (Å²) in [5.41, 5.74) is 5.65. The number of amides is 1. The van der Waals surface area contributed by atoms with Gasteiger partial charge in [0.15, 0.2) is 0 Å². The van der Waals surface area contributed by atoms with Crippen LogP contribution in [-0.2, 0) is 13.0 Å². The van der Waals surface area contributed by atoms with Crippen LogP contribution in [0.3, 0.4) is 0 Å². The largest absolute Gasteiger partial charge is 0.348 e. The Hall–Kier alpha value is -2.99. The van der Waals surface area contributed by atoms with Crippen LogP contribution in [0.4, 0.5) is 4.39 Å². The first-order valence-corrected chi connectivity index (χ1v) is 15.1. The van der Waals surface area contributed by atoms with Gasteiger partial charge in [-0.15, -0.1) is 0 Å². The molecule has 0 aromatic carbocycles. The van der Waals surface area contributed by atoms with Crippen LogP contribution in [0.1, 0.15) is 73.3 Å². The van der Waals surface area contributed by atoms with Gasteiger partial charge in [0.1, 0.15) is 23.0 Å². The van der Waals surface area contributed by atoms with E-state index in [0.29, 0.717) is 43.8 Å². The van der Waals surface area contributed by atoms with E-state index in [0.717, 1.165) is 55.8 Å². The lowest BCUT2D eigenvalue weighted by Crippen LogP contribution is -2.46. The van der Waals surface area contributed by atoms with Crippen molar-refractivity contribution in [1.82, 2.24) is 29.0 Å². The fourth-order valence-corrected chi connectivity index (χ4v) is 7.43. The molecule has 1 unspecified atom stereocenters. The maximum atomic E-state index is 14.1. The van der Waals surface area contributed by atoms with Gasteiger partial charge in [0.05, 0.1) is 11.6 Å². The Morgan fingerprint density at radius 3 is 2.56 bits per heavy atom. The molecule has 3 N–H and O–H groups in total. The predicted octanol–water partition coefficient (Wildman–Crippen LogP) is 2.40. The molecule has 10 nitrogen and oxygen atoms in total. The topological polar surface area (TPSA) is 130 Å². The Balaban J connectivity index is 1.20. The van der Waals surface area contributed by atoms with Crippen molar-refractivity contribution < 1.29 is 9.18 Å². The van der Waals surface area contributed by atoms with Gasteiger partial charge in [0, 0.05) is 37.3 Å². The van der Waals surface area contributed by atoms with Gasteiger partial charge in [-0.1, -0.05) is 0 Å². The second kappa shape index (κ2) is 10.9. The molecule has 208 valence electrons. The number of nitrogens with one attached hydrogen (secondary N) is 1. The van der Waals surface area contributed by atoms with Gasteiger partial charge in [-0.3, -0.25) is 18.7 Å². The Kier molecular flexibility index (Phi) is 7.32. The van der Waals surface area contributed by atoms with E-state index in [4.69, 9.17) is 5.73 Å². The van der Waals surface area contributed by atoms with Crippen LogP contribution < -0.4 is 22.3 Å². The van der Waals surface area contributed by atoms with E-state index in [1.807, 2.05) is 22.5 Å². The number of carbonyl (C=O) groups is 1. The number of nitrogens with zero attached hydrogens (tertiary/aromatic N) is 5. The Bertz CT molecular complexity index is 1500. The monoisotopic (exact) mass is 555 g/mol. The maximum Gasteiger partial charge on any atom is 0.333 e. The minimum absolute atomic E-state index is 0.0671. The molecule has 3 aliphatic rings. The van der Waals surface area contributed by atoms with Crippen molar-refractivity contribution in [3.63, 3.8) is 0 Å². The van der Waals surface area contributed by atoms with E-state index in [1.54, 1.807) is 4.57 Å². The van der Waals surface area contributed by atoms with Crippen molar-refractivity contribution in [3.05, 3.63) is 56.6 Å². The molecular weight excluding hydrogens is 521 g/mol. The molecule has 1 saturated carbocycles. The average molecular weight is 556 g/mol. The second-order valence-electron chi connectivity index (χ2n) is 11.0. The van der Waals surface area contributed by atoms with Crippen molar-refractivity contribution in [3.8, 4) is 0 Å². The van der Waals surface area contributed by atoms with Crippen molar-refractivity contribution in [2.75, 3.05) is 18.1 Å². The van der Waals surface area contributed by atoms with Gasteiger partial charge >= 0.3 is 5.69 Å². The number of hydrogen-bond acceptors (Lipinski definition) is 7. The molecule has 0 spiro atoms. The number of thioether (sulfide) groups is 1. The molecule has 1 aliphatic carbocycles. The van der Waals surface area contributed by atoms with E-state index in [2.05, 4.69) is 15.3 Å². The number of fused-ring (bicyclic) bond motifs is 2. The first-order chi connectivity index (χ1) is 18.9. The summed E-state index contributed by atoms with van der Waals surface area (Å²) in [4.78, 5) is 48.9. The molecule has 1 atom stereocenters. The number of rotatable bonds is 5. The van der Waals surface area contributed by atoms with Gasteiger partial charge in [-0.2, -0.15) is 11.8 Å². The van der Waals surface area contributed by atoms with Gasteiger partial charge in [0.2, 0.25) is 0 Å². The molecule has 1 amide bonds. The molecule has 5 heterocycles. The van der Waals surface area contributed by atoms with Crippen molar-refractivity contribution >= 4 is 28.7 Å². The number of imidazole rings is 1. The highest BCUT2D eigenvalue weighted by atomic mass is 32.2. The summed E-state index contributed by atoms with van der Waals surface area (Å²) in [5, 5.41) is 3.24. The van der Waals surface area contributed by atoms with Crippen molar-refractivity contribution in [1.29, 1.82) is 0 Å². The molecule has 3 aromatic heterocycles. The molecule has 39 heavy (non-hydrogen) atoms. The molecule has 12 heteroatoms. The highest BCUT2D eigenvalue weighted by Gasteiger charge is 2.30. The number of pyridine rings is 1. The van der Waals surface area contributed by atoms with Gasteiger partial charge in [0.25, 0.3) is 11.5 Å². The van der Waals surface area contributed by atoms with Crippen LogP contribution in [0.15, 0.2) is 28.0 Å². The highest BCUT2D eigenvalue weighted by Crippen LogP contribution is 2.30. The average Bonchev–Trinajstić information content (AvgIpc) is 3.39.